The molecule has 1 heterocycles. The number of carbonyl (C=O) groups is 2. The number of piperidine rings is 1. The highest BCUT2D eigenvalue weighted by Gasteiger charge is 2.29. The summed E-state index contributed by atoms with van der Waals surface area (Å²) in [6.07, 6.45) is 1.06. The third-order valence-electron chi connectivity index (χ3n) is 5.89. The zero-order valence-electron chi connectivity index (χ0n) is 18.3. The molecule has 1 fully saturated rings. The number of carbonyl (C=O) groups excluding carboxylic acids is 2. The highest BCUT2D eigenvalue weighted by atomic mass is 32.2. The van der Waals surface area contributed by atoms with Crippen molar-refractivity contribution in [1.29, 1.82) is 0 Å². The summed E-state index contributed by atoms with van der Waals surface area (Å²) in [6.45, 7) is 6.33. The molecule has 3 rings (SSSR count). The van der Waals surface area contributed by atoms with Crippen molar-refractivity contribution in [3.63, 3.8) is 0 Å². The van der Waals surface area contributed by atoms with E-state index in [9.17, 15) is 18.0 Å². The molecule has 166 valence electrons. The van der Waals surface area contributed by atoms with Crippen LogP contribution < -0.4 is 4.72 Å². The van der Waals surface area contributed by atoms with Crippen molar-refractivity contribution < 1.29 is 22.7 Å². The van der Waals surface area contributed by atoms with Crippen molar-refractivity contribution in [1.82, 2.24) is 4.90 Å². The summed E-state index contributed by atoms with van der Waals surface area (Å²) >= 11 is 0. The molecule has 1 saturated heterocycles. The number of sulfonamides is 1. The number of nitrogens with zero attached hydrogens (tertiary/aromatic N) is 1. The smallest absolute Gasteiger partial charge is 0.308 e. The van der Waals surface area contributed by atoms with Crippen LogP contribution >= 0.6 is 0 Å². The summed E-state index contributed by atoms with van der Waals surface area (Å²) in [5.41, 5.74) is 3.21. The first-order chi connectivity index (χ1) is 14.6. The molecule has 0 radical (unpaired) electrons. The number of likely N-dealkylation sites (tertiary alicyclic amines) is 1. The van der Waals surface area contributed by atoms with Crippen molar-refractivity contribution in [3.8, 4) is 0 Å². The summed E-state index contributed by atoms with van der Waals surface area (Å²) < 4.78 is 33.6. The number of methoxy groups -OCH3 is 1. The van der Waals surface area contributed by atoms with E-state index in [2.05, 4.69) is 4.72 Å². The number of rotatable bonds is 5. The van der Waals surface area contributed by atoms with E-state index in [0.29, 0.717) is 42.7 Å². The summed E-state index contributed by atoms with van der Waals surface area (Å²) in [5, 5.41) is 0. The van der Waals surface area contributed by atoms with E-state index in [1.165, 1.54) is 13.2 Å². The largest absolute Gasteiger partial charge is 0.469 e. The summed E-state index contributed by atoms with van der Waals surface area (Å²) in [4.78, 5) is 26.4. The van der Waals surface area contributed by atoms with Gasteiger partial charge in [-0.1, -0.05) is 18.2 Å². The Labute approximate surface area is 183 Å². The number of anilines is 1. The van der Waals surface area contributed by atoms with Gasteiger partial charge in [0.25, 0.3) is 15.9 Å². The van der Waals surface area contributed by atoms with Crippen LogP contribution in [0.2, 0.25) is 0 Å². The second-order valence-corrected chi connectivity index (χ2v) is 9.57. The van der Waals surface area contributed by atoms with Crippen LogP contribution in [0.4, 0.5) is 5.69 Å². The predicted molar refractivity (Wildman–Crippen MR) is 119 cm³/mol. The number of amides is 1. The molecule has 8 heteroatoms. The molecule has 0 unspecified atom stereocenters. The van der Waals surface area contributed by atoms with Gasteiger partial charge in [-0.25, -0.2) is 8.42 Å². The van der Waals surface area contributed by atoms with Crippen molar-refractivity contribution in [2.24, 2.45) is 5.92 Å². The SMILES string of the molecule is COC(=O)C1CCN(C(=O)c2ccc(C)c(S(=O)(=O)Nc3cccc(C)c3C)c2)CC1. The maximum absolute atomic E-state index is 13.1. The van der Waals surface area contributed by atoms with Gasteiger partial charge in [0, 0.05) is 18.7 Å². The predicted octanol–water partition coefficient (Wildman–Crippen LogP) is 3.44. The van der Waals surface area contributed by atoms with Gasteiger partial charge < -0.3 is 9.64 Å². The molecule has 7 nitrogen and oxygen atoms in total. The van der Waals surface area contributed by atoms with Crippen LogP contribution in [-0.2, 0) is 19.6 Å². The Morgan fingerprint density at radius 2 is 1.71 bits per heavy atom. The van der Waals surface area contributed by atoms with Crippen LogP contribution in [-0.4, -0.2) is 45.4 Å². The Hall–Kier alpha value is -2.87. The second kappa shape index (κ2) is 9.09. The first-order valence-corrected chi connectivity index (χ1v) is 11.7. The van der Waals surface area contributed by atoms with E-state index in [1.807, 2.05) is 19.9 Å². The molecule has 0 aromatic heterocycles. The van der Waals surface area contributed by atoms with E-state index in [-0.39, 0.29) is 22.7 Å². The van der Waals surface area contributed by atoms with E-state index < -0.39 is 10.0 Å². The lowest BCUT2D eigenvalue weighted by molar-refractivity contribution is -0.146. The second-order valence-electron chi connectivity index (χ2n) is 7.92. The monoisotopic (exact) mass is 444 g/mol. The average Bonchev–Trinajstić information content (AvgIpc) is 2.76. The van der Waals surface area contributed by atoms with Crippen molar-refractivity contribution >= 4 is 27.6 Å². The van der Waals surface area contributed by atoms with Gasteiger partial charge in [-0.3, -0.25) is 14.3 Å². The standard InChI is InChI=1S/C23H28N2O5S/c1-15-6-5-7-20(17(15)3)24-31(28,29)21-14-19(9-8-16(21)2)22(26)25-12-10-18(11-13-25)23(27)30-4/h5-9,14,18,24H,10-13H2,1-4H3. The van der Waals surface area contributed by atoms with Gasteiger partial charge in [-0.05, 0) is 68.5 Å². The van der Waals surface area contributed by atoms with Crippen LogP contribution in [0.15, 0.2) is 41.3 Å². The Morgan fingerprint density at radius 3 is 2.35 bits per heavy atom. The molecule has 1 aliphatic rings. The molecule has 2 aromatic carbocycles. The zero-order chi connectivity index (χ0) is 22.8. The lowest BCUT2D eigenvalue weighted by atomic mass is 9.96. The van der Waals surface area contributed by atoms with Crippen LogP contribution in [0.1, 0.15) is 39.9 Å². The fourth-order valence-electron chi connectivity index (χ4n) is 3.75. The van der Waals surface area contributed by atoms with Crippen molar-refractivity contribution in [3.05, 3.63) is 58.7 Å². The van der Waals surface area contributed by atoms with Gasteiger partial charge in [0.2, 0.25) is 0 Å². The van der Waals surface area contributed by atoms with Gasteiger partial charge in [-0.15, -0.1) is 0 Å². The van der Waals surface area contributed by atoms with E-state index in [1.54, 1.807) is 36.1 Å². The molecule has 2 aromatic rings. The van der Waals surface area contributed by atoms with E-state index in [0.717, 1.165) is 11.1 Å². The van der Waals surface area contributed by atoms with Gasteiger partial charge in [-0.2, -0.15) is 0 Å². The normalized spacial score (nSPS) is 14.9. The highest BCUT2D eigenvalue weighted by molar-refractivity contribution is 7.92. The van der Waals surface area contributed by atoms with E-state index in [4.69, 9.17) is 4.74 Å². The Balaban J connectivity index is 1.82. The highest BCUT2D eigenvalue weighted by Crippen LogP contribution is 2.26. The minimum absolute atomic E-state index is 0.0729. The number of ether oxygens (including phenoxy) is 1. The number of aryl methyl sites for hydroxylation is 2. The van der Waals surface area contributed by atoms with Gasteiger partial charge in [0.05, 0.1) is 23.6 Å². The van der Waals surface area contributed by atoms with E-state index >= 15 is 0 Å². The summed E-state index contributed by atoms with van der Waals surface area (Å²) in [5.74, 6) is -0.704. The third-order valence-corrected chi connectivity index (χ3v) is 7.40. The number of hydrogen-bond acceptors (Lipinski definition) is 5. The molecule has 0 bridgehead atoms. The van der Waals surface area contributed by atoms with Gasteiger partial charge >= 0.3 is 5.97 Å². The van der Waals surface area contributed by atoms with Gasteiger partial charge in [0.1, 0.15) is 0 Å². The first-order valence-electron chi connectivity index (χ1n) is 10.2. The lowest BCUT2D eigenvalue weighted by Crippen LogP contribution is -2.40. The van der Waals surface area contributed by atoms with Crippen molar-refractivity contribution in [2.45, 2.75) is 38.5 Å². The zero-order valence-corrected chi connectivity index (χ0v) is 19.1. The molecule has 0 aliphatic carbocycles. The number of esters is 1. The molecule has 0 atom stereocenters. The minimum Gasteiger partial charge on any atom is -0.469 e. The minimum atomic E-state index is -3.88. The molecule has 1 amide bonds. The van der Waals surface area contributed by atoms with Gasteiger partial charge in [0.15, 0.2) is 0 Å². The Kier molecular flexibility index (Phi) is 6.69. The lowest BCUT2D eigenvalue weighted by Gasteiger charge is -2.30. The number of benzene rings is 2. The summed E-state index contributed by atoms with van der Waals surface area (Å²) in [7, 11) is -2.51. The summed E-state index contributed by atoms with van der Waals surface area (Å²) in [6, 6.07) is 10.1. The number of hydrogen-bond donors (Lipinski definition) is 1. The Bertz CT molecular complexity index is 1100. The van der Waals surface area contributed by atoms with Crippen LogP contribution in [0.25, 0.3) is 0 Å². The molecular formula is C23H28N2O5S. The average molecular weight is 445 g/mol. The first kappa shape index (κ1) is 22.8. The molecule has 1 aliphatic heterocycles. The van der Waals surface area contributed by atoms with Crippen LogP contribution in [0, 0.1) is 26.7 Å². The van der Waals surface area contributed by atoms with Crippen LogP contribution in [0.3, 0.4) is 0 Å². The fraction of sp³-hybridized carbons (Fsp3) is 0.391. The van der Waals surface area contributed by atoms with Crippen LogP contribution in [0.5, 0.6) is 0 Å². The maximum Gasteiger partial charge on any atom is 0.308 e. The topological polar surface area (TPSA) is 92.8 Å². The van der Waals surface area contributed by atoms with Crippen molar-refractivity contribution in [2.75, 3.05) is 24.9 Å². The molecule has 31 heavy (non-hydrogen) atoms. The maximum atomic E-state index is 13.1. The quantitative estimate of drug-likeness (QED) is 0.713. The Morgan fingerprint density at radius 1 is 1.03 bits per heavy atom. The molecule has 1 N–H and O–H groups in total. The fourth-order valence-corrected chi connectivity index (χ4v) is 5.15. The molecule has 0 saturated carbocycles. The molecule has 0 spiro atoms. The molecular weight excluding hydrogens is 416 g/mol. The third kappa shape index (κ3) is 4.90. The number of nitrogens with one attached hydrogen (secondary N) is 1.